The number of anilines is 1. The largest absolute Gasteiger partial charge is 0.490 e. The van der Waals surface area contributed by atoms with Crippen LogP contribution in [0.2, 0.25) is 5.02 Å². The number of nitrogens with one attached hydrogen (secondary N) is 1. The number of hydrogen-bond donors (Lipinski definition) is 2. The first kappa shape index (κ1) is 30.5. The number of ether oxygens (including phenoxy) is 1. The average molecular weight is 627 g/mol. The van der Waals surface area contributed by atoms with Gasteiger partial charge < -0.3 is 14.7 Å². The van der Waals surface area contributed by atoms with Crippen molar-refractivity contribution in [1.29, 1.82) is 0 Å². The molecule has 2 N–H and O–H groups in total. The highest BCUT2D eigenvalue weighted by atomic mass is 35.5. The molecule has 2 aromatic rings. The van der Waals surface area contributed by atoms with Crippen LogP contribution in [0, 0.1) is 23.7 Å². The summed E-state index contributed by atoms with van der Waals surface area (Å²) in [5.74, 6) is 0.185. The van der Waals surface area contributed by atoms with E-state index in [0.29, 0.717) is 31.9 Å². The molecule has 2 aliphatic heterocycles. The first-order valence-corrected chi connectivity index (χ1v) is 17.6. The van der Waals surface area contributed by atoms with Crippen molar-refractivity contribution in [1.82, 2.24) is 4.72 Å². The fourth-order valence-corrected chi connectivity index (χ4v) is 9.72. The van der Waals surface area contributed by atoms with Gasteiger partial charge in [-0.15, -0.1) is 0 Å². The summed E-state index contributed by atoms with van der Waals surface area (Å²) in [4.78, 5) is 15.8. The van der Waals surface area contributed by atoms with Crippen molar-refractivity contribution in [3.63, 3.8) is 0 Å². The van der Waals surface area contributed by atoms with Crippen LogP contribution in [0.25, 0.3) is 0 Å². The van der Waals surface area contributed by atoms with Gasteiger partial charge in [0.05, 0.1) is 23.6 Å². The van der Waals surface area contributed by atoms with Gasteiger partial charge in [0.2, 0.25) is 10.0 Å². The molecule has 43 heavy (non-hydrogen) atoms. The number of halogens is 1. The van der Waals surface area contributed by atoms with E-state index in [9.17, 15) is 18.3 Å². The molecule has 2 bridgehead atoms. The van der Waals surface area contributed by atoms with Gasteiger partial charge in [-0.05, 0) is 104 Å². The standard InChI is InChI=1S/C34H43ClN2O5S/c1-21(2)32-15-22(3)6-12-30(38)27-10-7-25(27)18-37-19-34(14-4-5-23-16-26(35)9-11-28(23)34)20-42-31-13-8-24(17-29(31)37)33(39)36-43(32,40)41/h6,8-9,11-13,16-17,21-22,25,27,30,32,38H,4-5,7,10,14-15,18-20H2,1-3H3,(H,36,39)/b12-6-/t22-,25+,27-,30+,32-,34+/m1/s1. The molecular weight excluding hydrogens is 584 g/mol. The monoisotopic (exact) mass is 626 g/mol. The normalized spacial score (nSPS) is 32.9. The van der Waals surface area contributed by atoms with Gasteiger partial charge in [-0.2, -0.15) is 0 Å². The second kappa shape index (κ2) is 11.8. The maximum absolute atomic E-state index is 13.5. The number of hydrogen-bond acceptors (Lipinski definition) is 6. The van der Waals surface area contributed by atoms with Gasteiger partial charge in [-0.1, -0.05) is 50.6 Å². The smallest absolute Gasteiger partial charge is 0.264 e. The van der Waals surface area contributed by atoms with E-state index in [1.54, 1.807) is 18.2 Å². The Balaban J connectivity index is 1.43. The number of amides is 1. The topological polar surface area (TPSA) is 95.9 Å². The summed E-state index contributed by atoms with van der Waals surface area (Å²) in [6, 6.07) is 11.4. The number of carbonyl (C=O) groups excluding carboxylic acids is 1. The molecule has 2 aromatic carbocycles. The van der Waals surface area contributed by atoms with Crippen molar-refractivity contribution in [2.75, 3.05) is 24.6 Å². The van der Waals surface area contributed by atoms with E-state index in [2.05, 4.69) is 21.8 Å². The van der Waals surface area contributed by atoms with Crippen molar-refractivity contribution in [3.05, 3.63) is 70.3 Å². The van der Waals surface area contributed by atoms with Gasteiger partial charge >= 0.3 is 0 Å². The van der Waals surface area contributed by atoms with E-state index in [1.165, 1.54) is 11.1 Å². The lowest BCUT2D eigenvalue weighted by atomic mass is 9.68. The average Bonchev–Trinajstić information content (AvgIpc) is 3.08. The molecule has 232 valence electrons. The summed E-state index contributed by atoms with van der Waals surface area (Å²) >= 11 is 6.40. The highest BCUT2D eigenvalue weighted by molar-refractivity contribution is 7.90. The lowest BCUT2D eigenvalue weighted by Gasteiger charge is -2.45. The fraction of sp³-hybridized carbons (Fsp3) is 0.559. The van der Waals surface area contributed by atoms with Crippen LogP contribution >= 0.6 is 11.6 Å². The lowest BCUT2D eigenvalue weighted by molar-refractivity contribution is 0.0454. The maximum atomic E-state index is 13.5. The number of allylic oxidation sites excluding steroid dienone is 1. The Morgan fingerprint density at radius 2 is 1.95 bits per heavy atom. The van der Waals surface area contributed by atoms with E-state index < -0.39 is 27.3 Å². The SMILES string of the molecule is CC(C)[C@H]1C[C@H](C)/C=C\[C@H](O)[C@@H]2CC[C@H]2CN2C[C@@]3(CCCc4cc(Cl)ccc43)COc3ccc(cc32)C(=O)NS1(=O)=O. The summed E-state index contributed by atoms with van der Waals surface area (Å²) in [5.41, 5.74) is 3.33. The second-order valence-electron chi connectivity index (χ2n) is 13.6. The zero-order valence-electron chi connectivity index (χ0n) is 25.3. The van der Waals surface area contributed by atoms with E-state index in [4.69, 9.17) is 16.3 Å². The van der Waals surface area contributed by atoms with Gasteiger partial charge in [0, 0.05) is 29.1 Å². The lowest BCUT2D eigenvalue weighted by Crippen LogP contribution is -2.49. The van der Waals surface area contributed by atoms with Gasteiger partial charge in [0.1, 0.15) is 5.75 Å². The number of nitrogens with zero attached hydrogens (tertiary/aromatic N) is 1. The number of aryl methyl sites for hydroxylation is 1. The van der Waals surface area contributed by atoms with Crippen LogP contribution in [-0.2, 0) is 21.9 Å². The van der Waals surface area contributed by atoms with Gasteiger partial charge in [-0.25, -0.2) is 13.1 Å². The van der Waals surface area contributed by atoms with E-state index in [0.717, 1.165) is 42.8 Å². The van der Waals surface area contributed by atoms with Crippen molar-refractivity contribution in [2.24, 2.45) is 23.7 Å². The van der Waals surface area contributed by atoms with Crippen LogP contribution < -0.4 is 14.4 Å². The molecule has 9 heteroatoms. The highest BCUT2D eigenvalue weighted by Crippen LogP contribution is 2.46. The molecule has 2 aliphatic carbocycles. The Hall–Kier alpha value is -2.55. The molecule has 0 unspecified atom stereocenters. The summed E-state index contributed by atoms with van der Waals surface area (Å²) in [7, 11) is -3.96. The van der Waals surface area contributed by atoms with Crippen LogP contribution in [-0.4, -0.2) is 50.5 Å². The molecule has 0 saturated heterocycles. The molecule has 0 aromatic heterocycles. The quantitative estimate of drug-likeness (QED) is 0.384. The van der Waals surface area contributed by atoms with Gasteiger partial charge in [0.25, 0.3) is 5.91 Å². The molecule has 1 fully saturated rings. The molecule has 1 amide bonds. The maximum Gasteiger partial charge on any atom is 0.264 e. The van der Waals surface area contributed by atoms with Crippen LogP contribution in [0.15, 0.2) is 48.6 Å². The second-order valence-corrected chi connectivity index (χ2v) is 16.0. The fourth-order valence-electron chi connectivity index (χ4n) is 7.72. The minimum Gasteiger partial charge on any atom is -0.490 e. The molecule has 1 spiro atoms. The van der Waals surface area contributed by atoms with Crippen molar-refractivity contribution >= 4 is 33.2 Å². The summed E-state index contributed by atoms with van der Waals surface area (Å²) in [5, 5.41) is 11.2. The minimum atomic E-state index is -3.96. The number of aliphatic hydroxyl groups excluding tert-OH is 1. The highest BCUT2D eigenvalue weighted by Gasteiger charge is 2.44. The van der Waals surface area contributed by atoms with E-state index in [1.807, 2.05) is 39.0 Å². The Bertz CT molecular complexity index is 1520. The molecule has 2 heterocycles. The zero-order valence-corrected chi connectivity index (χ0v) is 26.8. The summed E-state index contributed by atoms with van der Waals surface area (Å²) < 4.78 is 35.9. The third kappa shape index (κ3) is 5.95. The van der Waals surface area contributed by atoms with Crippen molar-refractivity contribution in [3.8, 4) is 5.75 Å². The molecular formula is C34H43ClN2O5S. The molecule has 7 nitrogen and oxygen atoms in total. The van der Waals surface area contributed by atoms with Crippen LogP contribution in [0.4, 0.5) is 5.69 Å². The summed E-state index contributed by atoms with van der Waals surface area (Å²) in [6.45, 7) is 7.60. The number of sulfonamides is 1. The predicted molar refractivity (Wildman–Crippen MR) is 170 cm³/mol. The van der Waals surface area contributed by atoms with Gasteiger partial charge in [0.15, 0.2) is 0 Å². The Labute approximate surface area is 260 Å². The van der Waals surface area contributed by atoms with Crippen molar-refractivity contribution in [2.45, 2.75) is 76.1 Å². The molecule has 0 radical (unpaired) electrons. The number of benzene rings is 2. The van der Waals surface area contributed by atoms with Crippen LogP contribution in [0.3, 0.4) is 0 Å². The molecule has 6 atom stereocenters. The summed E-state index contributed by atoms with van der Waals surface area (Å²) in [6.07, 6.45) is 8.49. The number of carbonyl (C=O) groups is 1. The minimum absolute atomic E-state index is 0.0754. The number of fused-ring (bicyclic) bond motifs is 4. The van der Waals surface area contributed by atoms with E-state index >= 15 is 0 Å². The first-order chi connectivity index (χ1) is 20.5. The van der Waals surface area contributed by atoms with E-state index in [-0.39, 0.29) is 34.7 Å². The Morgan fingerprint density at radius 1 is 1.14 bits per heavy atom. The molecule has 1 saturated carbocycles. The first-order valence-electron chi connectivity index (χ1n) is 15.7. The molecule has 6 rings (SSSR count). The van der Waals surface area contributed by atoms with Crippen molar-refractivity contribution < 1.29 is 23.1 Å². The number of aliphatic hydroxyl groups is 1. The third-order valence-electron chi connectivity index (χ3n) is 10.3. The molecule has 4 aliphatic rings. The zero-order chi connectivity index (χ0) is 30.5. The van der Waals surface area contributed by atoms with Gasteiger partial charge in [-0.3, -0.25) is 4.79 Å². The predicted octanol–water partition coefficient (Wildman–Crippen LogP) is 5.88. The Morgan fingerprint density at radius 3 is 2.70 bits per heavy atom. The number of rotatable bonds is 1. The third-order valence-corrected chi connectivity index (χ3v) is 12.5. The van der Waals surface area contributed by atoms with Crippen LogP contribution in [0.5, 0.6) is 5.75 Å². The Kier molecular flexibility index (Phi) is 8.33. The van der Waals surface area contributed by atoms with Crippen LogP contribution in [0.1, 0.15) is 74.4 Å².